The summed E-state index contributed by atoms with van der Waals surface area (Å²) in [4.78, 5) is 16.5. The molecule has 0 radical (unpaired) electrons. The second-order valence-corrected chi connectivity index (χ2v) is 8.54. The zero-order valence-electron chi connectivity index (χ0n) is 15.5. The third-order valence-electron chi connectivity index (χ3n) is 6.17. The molecule has 1 amide bonds. The van der Waals surface area contributed by atoms with Crippen molar-refractivity contribution in [2.45, 2.75) is 25.8 Å². The molecule has 0 unspecified atom stereocenters. The number of aliphatic hydroxyl groups is 1. The number of hydrogen-bond donors (Lipinski definition) is 1. The molecule has 6 heteroatoms. The largest absolute Gasteiger partial charge is 0.396 e. The molecule has 1 aromatic rings. The number of benzene rings is 1. The van der Waals surface area contributed by atoms with E-state index in [1.807, 2.05) is 17.2 Å². The molecule has 26 heavy (non-hydrogen) atoms. The van der Waals surface area contributed by atoms with Crippen molar-refractivity contribution >= 4 is 17.7 Å². The number of thioether (sulfide) groups is 1. The average molecular weight is 381 g/mol. The van der Waals surface area contributed by atoms with Gasteiger partial charge in [0, 0.05) is 32.2 Å². The van der Waals surface area contributed by atoms with Gasteiger partial charge in [0.2, 0.25) is 5.91 Å². The van der Waals surface area contributed by atoms with Crippen LogP contribution in [0.3, 0.4) is 0 Å². The van der Waals surface area contributed by atoms with Gasteiger partial charge in [0.1, 0.15) is 5.82 Å². The fourth-order valence-electron chi connectivity index (χ4n) is 4.51. The zero-order valence-corrected chi connectivity index (χ0v) is 16.3. The lowest BCUT2D eigenvalue weighted by atomic mass is 9.64. The Morgan fingerprint density at radius 3 is 2.69 bits per heavy atom. The van der Waals surface area contributed by atoms with Gasteiger partial charge in [0.05, 0.1) is 5.75 Å². The van der Waals surface area contributed by atoms with E-state index in [0.717, 1.165) is 51.0 Å². The van der Waals surface area contributed by atoms with E-state index in [9.17, 15) is 14.3 Å². The molecule has 1 N–H and O–H groups in total. The van der Waals surface area contributed by atoms with Gasteiger partial charge in [0.15, 0.2) is 0 Å². The molecule has 2 fully saturated rings. The Bertz CT molecular complexity index is 620. The van der Waals surface area contributed by atoms with Gasteiger partial charge in [-0.05, 0) is 61.7 Å². The average Bonchev–Trinajstić information content (AvgIpc) is 2.64. The lowest BCUT2D eigenvalue weighted by Gasteiger charge is -2.51. The van der Waals surface area contributed by atoms with Crippen molar-refractivity contribution in [2.75, 3.05) is 44.8 Å². The third kappa shape index (κ3) is 4.41. The van der Waals surface area contributed by atoms with Crippen LogP contribution in [0.1, 0.15) is 24.8 Å². The molecule has 3 rings (SSSR count). The highest BCUT2D eigenvalue weighted by Crippen LogP contribution is 2.45. The Morgan fingerprint density at radius 2 is 2.04 bits per heavy atom. The van der Waals surface area contributed by atoms with Crippen LogP contribution < -0.4 is 0 Å². The van der Waals surface area contributed by atoms with Gasteiger partial charge in [-0.1, -0.05) is 12.1 Å². The van der Waals surface area contributed by atoms with Crippen LogP contribution in [-0.4, -0.2) is 65.6 Å². The van der Waals surface area contributed by atoms with Gasteiger partial charge in [-0.2, -0.15) is 11.8 Å². The molecule has 2 aliphatic heterocycles. The van der Waals surface area contributed by atoms with E-state index in [-0.39, 0.29) is 29.7 Å². The number of hydrogen-bond acceptors (Lipinski definition) is 4. The Kier molecular flexibility index (Phi) is 6.59. The van der Waals surface area contributed by atoms with Gasteiger partial charge >= 0.3 is 0 Å². The maximum Gasteiger partial charge on any atom is 0.232 e. The lowest BCUT2D eigenvalue weighted by Crippen LogP contribution is -2.54. The molecule has 0 saturated carbocycles. The summed E-state index contributed by atoms with van der Waals surface area (Å²) in [7, 11) is 0. The normalized spacial score (nSPS) is 23.3. The zero-order chi connectivity index (χ0) is 18.6. The highest BCUT2D eigenvalue weighted by molar-refractivity contribution is 7.99. The second kappa shape index (κ2) is 8.72. The molecule has 1 atom stereocenters. The maximum atomic E-state index is 13.4. The summed E-state index contributed by atoms with van der Waals surface area (Å²) in [5, 5.41) is 9.97. The van der Waals surface area contributed by atoms with Crippen LogP contribution in [0.2, 0.25) is 0 Å². The van der Waals surface area contributed by atoms with Crippen molar-refractivity contribution in [3.63, 3.8) is 0 Å². The summed E-state index contributed by atoms with van der Waals surface area (Å²) in [6.07, 6.45) is 5.00. The molecule has 2 saturated heterocycles. The van der Waals surface area contributed by atoms with Gasteiger partial charge in [-0.3, -0.25) is 9.69 Å². The van der Waals surface area contributed by atoms with Crippen molar-refractivity contribution in [3.8, 4) is 0 Å². The molecule has 0 aromatic heterocycles. The SMILES string of the molecule is CSCC(=O)N1CCC2(CCN(Cc3cccc(F)c3)CC2)[C@@H](CO)C1. The smallest absolute Gasteiger partial charge is 0.232 e. The van der Waals surface area contributed by atoms with Crippen LogP contribution in [0.4, 0.5) is 4.39 Å². The summed E-state index contributed by atoms with van der Waals surface area (Å²) in [6, 6.07) is 6.82. The lowest BCUT2D eigenvalue weighted by molar-refractivity contribution is -0.135. The highest BCUT2D eigenvalue weighted by Gasteiger charge is 2.45. The van der Waals surface area contributed by atoms with E-state index in [1.54, 1.807) is 23.9 Å². The van der Waals surface area contributed by atoms with E-state index in [4.69, 9.17) is 0 Å². The number of aliphatic hydroxyl groups excluding tert-OH is 1. The van der Waals surface area contributed by atoms with Crippen LogP contribution in [0, 0.1) is 17.2 Å². The van der Waals surface area contributed by atoms with E-state index < -0.39 is 0 Å². The Hall–Kier alpha value is -1.11. The van der Waals surface area contributed by atoms with Crippen LogP contribution in [0.5, 0.6) is 0 Å². The first-order valence-electron chi connectivity index (χ1n) is 9.41. The minimum atomic E-state index is -0.182. The summed E-state index contributed by atoms with van der Waals surface area (Å²) in [5.41, 5.74) is 1.15. The molecular weight excluding hydrogens is 351 g/mol. The predicted molar refractivity (Wildman–Crippen MR) is 103 cm³/mol. The van der Waals surface area contributed by atoms with Crippen molar-refractivity contribution in [1.29, 1.82) is 0 Å². The van der Waals surface area contributed by atoms with Crippen molar-refractivity contribution in [2.24, 2.45) is 11.3 Å². The number of carbonyl (C=O) groups excluding carboxylic acids is 1. The van der Waals surface area contributed by atoms with Gasteiger partial charge in [-0.25, -0.2) is 4.39 Å². The van der Waals surface area contributed by atoms with E-state index >= 15 is 0 Å². The molecular formula is C20H29FN2O2S. The molecule has 0 aliphatic carbocycles. The van der Waals surface area contributed by atoms with Crippen LogP contribution in [-0.2, 0) is 11.3 Å². The van der Waals surface area contributed by atoms with Gasteiger partial charge < -0.3 is 10.0 Å². The molecule has 144 valence electrons. The summed E-state index contributed by atoms with van der Waals surface area (Å²) >= 11 is 1.55. The van der Waals surface area contributed by atoms with E-state index in [2.05, 4.69) is 4.90 Å². The number of carbonyl (C=O) groups is 1. The monoisotopic (exact) mass is 380 g/mol. The molecule has 0 bridgehead atoms. The summed E-state index contributed by atoms with van der Waals surface area (Å²) in [5.74, 6) is 0.693. The van der Waals surface area contributed by atoms with Crippen LogP contribution >= 0.6 is 11.8 Å². The number of nitrogens with zero attached hydrogens (tertiary/aromatic N) is 2. The number of likely N-dealkylation sites (tertiary alicyclic amines) is 2. The quantitative estimate of drug-likeness (QED) is 0.853. The number of halogens is 1. The minimum absolute atomic E-state index is 0.142. The topological polar surface area (TPSA) is 43.8 Å². The molecule has 2 aliphatic rings. The first-order chi connectivity index (χ1) is 12.6. The highest BCUT2D eigenvalue weighted by atomic mass is 32.2. The molecule has 2 heterocycles. The second-order valence-electron chi connectivity index (χ2n) is 7.67. The third-order valence-corrected chi connectivity index (χ3v) is 6.71. The number of piperidine rings is 2. The standard InChI is InChI=1S/C20H29FN2O2S/c1-26-15-19(25)23-10-7-20(17(13-23)14-24)5-8-22(9-6-20)12-16-3-2-4-18(21)11-16/h2-4,11,17,24H,5-10,12-15H2,1H3/t17-/m1/s1. The Morgan fingerprint density at radius 1 is 1.31 bits per heavy atom. The van der Waals surface area contributed by atoms with E-state index in [1.165, 1.54) is 6.07 Å². The first-order valence-corrected chi connectivity index (χ1v) is 10.8. The minimum Gasteiger partial charge on any atom is -0.396 e. The summed E-state index contributed by atoms with van der Waals surface area (Å²) in [6.45, 7) is 4.33. The number of rotatable bonds is 5. The fraction of sp³-hybridized carbons (Fsp3) is 0.650. The molecule has 4 nitrogen and oxygen atoms in total. The maximum absolute atomic E-state index is 13.4. The van der Waals surface area contributed by atoms with Crippen molar-refractivity contribution in [1.82, 2.24) is 9.80 Å². The van der Waals surface area contributed by atoms with Crippen LogP contribution in [0.25, 0.3) is 0 Å². The van der Waals surface area contributed by atoms with Crippen molar-refractivity contribution in [3.05, 3.63) is 35.6 Å². The predicted octanol–water partition coefficient (Wildman–Crippen LogP) is 2.61. The van der Waals surface area contributed by atoms with Gasteiger partial charge in [-0.15, -0.1) is 0 Å². The molecule has 1 spiro atoms. The van der Waals surface area contributed by atoms with Gasteiger partial charge in [0.25, 0.3) is 0 Å². The Labute approximate surface area is 159 Å². The Balaban J connectivity index is 1.58. The number of amides is 1. The fourth-order valence-corrected chi connectivity index (χ4v) is 4.94. The van der Waals surface area contributed by atoms with E-state index in [0.29, 0.717) is 12.3 Å². The summed E-state index contributed by atoms with van der Waals surface area (Å²) < 4.78 is 13.4. The molecule has 1 aromatic carbocycles. The van der Waals surface area contributed by atoms with Crippen molar-refractivity contribution < 1.29 is 14.3 Å². The van der Waals surface area contributed by atoms with Crippen LogP contribution in [0.15, 0.2) is 24.3 Å². The first kappa shape index (κ1) is 19.6.